The Morgan fingerprint density at radius 3 is 1.66 bits per heavy atom. The third kappa shape index (κ3) is 5.85. The fourth-order valence-electron chi connectivity index (χ4n) is 2.98. The van der Waals surface area contributed by atoms with Crippen molar-refractivity contribution in [1.29, 1.82) is 0 Å². The second kappa shape index (κ2) is 11.7. The highest BCUT2D eigenvalue weighted by Crippen LogP contribution is 2.33. The largest absolute Gasteiger partial charge is 0.497 e. The van der Waals surface area contributed by atoms with Crippen LogP contribution in [0.4, 0.5) is 0 Å². The summed E-state index contributed by atoms with van der Waals surface area (Å²) >= 11 is 0. The van der Waals surface area contributed by atoms with E-state index in [2.05, 4.69) is 18.7 Å². The Morgan fingerprint density at radius 1 is 0.897 bits per heavy atom. The van der Waals surface area contributed by atoms with E-state index in [0.717, 1.165) is 13.1 Å². The van der Waals surface area contributed by atoms with Gasteiger partial charge in [-0.15, -0.1) is 12.4 Å². The lowest BCUT2D eigenvalue weighted by Gasteiger charge is -2.28. The quantitative estimate of drug-likeness (QED) is 0.591. The molecule has 0 aliphatic rings. The molecule has 0 saturated heterocycles. The summed E-state index contributed by atoms with van der Waals surface area (Å²) in [7, 11) is 3.12. The number of carbonyl (C=O) groups is 1. The summed E-state index contributed by atoms with van der Waals surface area (Å²) in [4.78, 5) is 15.1. The van der Waals surface area contributed by atoms with Crippen molar-refractivity contribution < 1.29 is 24.1 Å². The van der Waals surface area contributed by atoms with Gasteiger partial charge in [-0.05, 0) is 48.5 Å². The average Bonchev–Trinajstić information content (AvgIpc) is 2.76. The van der Waals surface area contributed by atoms with Crippen LogP contribution in [0.5, 0.6) is 11.5 Å². The van der Waals surface area contributed by atoms with E-state index in [4.69, 9.17) is 14.2 Å². The van der Waals surface area contributed by atoms with Crippen molar-refractivity contribution in [3.8, 4) is 11.5 Å². The highest BCUT2D eigenvalue weighted by atomic mass is 35.5. The van der Waals surface area contributed by atoms with Crippen molar-refractivity contribution >= 4 is 18.4 Å². The predicted octanol–water partition coefficient (Wildman–Crippen LogP) is 3.25. The number of ether oxygens (including phenoxy) is 3. The van der Waals surface area contributed by atoms with Gasteiger partial charge in [-0.1, -0.05) is 38.1 Å². The number of hydrogen-bond acceptors (Lipinski definition) is 6. The monoisotopic (exact) mass is 423 g/mol. The van der Waals surface area contributed by atoms with E-state index in [9.17, 15) is 9.90 Å². The third-order valence-corrected chi connectivity index (χ3v) is 4.85. The van der Waals surface area contributed by atoms with Crippen LogP contribution in [0, 0.1) is 0 Å². The lowest BCUT2D eigenvalue weighted by atomic mass is 9.86. The molecule has 7 heteroatoms. The number of halogens is 1. The maximum Gasteiger partial charge on any atom is 0.347 e. The molecular weight excluding hydrogens is 394 g/mol. The van der Waals surface area contributed by atoms with Crippen LogP contribution in [-0.2, 0) is 15.1 Å². The summed E-state index contributed by atoms with van der Waals surface area (Å²) in [6.45, 7) is 6.66. The lowest BCUT2D eigenvalue weighted by molar-refractivity contribution is -0.162. The van der Waals surface area contributed by atoms with Gasteiger partial charge in [0.05, 0.1) is 14.2 Å². The Balaban J connectivity index is 0.00000420. The molecule has 2 aromatic rings. The van der Waals surface area contributed by atoms with E-state index in [1.54, 1.807) is 62.8 Å². The van der Waals surface area contributed by atoms with E-state index < -0.39 is 11.6 Å². The van der Waals surface area contributed by atoms with Crippen LogP contribution >= 0.6 is 12.4 Å². The fraction of sp³-hybridized carbons (Fsp3) is 0.409. The van der Waals surface area contributed by atoms with Gasteiger partial charge >= 0.3 is 5.97 Å². The lowest BCUT2D eigenvalue weighted by Crippen LogP contribution is -2.40. The Bertz CT molecular complexity index is 697. The SMILES string of the molecule is CCN(CC)CCOC(=O)C(O)(c1ccc(OC)cc1)c1ccc(OC)cc1.Cl. The zero-order valence-corrected chi connectivity index (χ0v) is 18.2. The molecule has 1 N–H and O–H groups in total. The smallest absolute Gasteiger partial charge is 0.347 e. The number of benzene rings is 2. The van der Waals surface area contributed by atoms with Crippen molar-refractivity contribution in [1.82, 2.24) is 4.90 Å². The van der Waals surface area contributed by atoms with Gasteiger partial charge in [0.2, 0.25) is 5.60 Å². The standard InChI is InChI=1S/C22H29NO5.ClH/c1-5-23(6-2)15-16-28-21(24)22(25,17-7-11-19(26-3)12-8-17)18-9-13-20(27-4)14-10-18;/h7-14,25H,5-6,15-16H2,1-4H3;1H. The van der Waals surface area contributed by atoms with E-state index >= 15 is 0 Å². The first-order valence-electron chi connectivity index (χ1n) is 9.40. The van der Waals surface area contributed by atoms with Gasteiger partial charge in [-0.25, -0.2) is 4.79 Å². The average molecular weight is 424 g/mol. The zero-order chi connectivity index (χ0) is 20.6. The molecule has 0 heterocycles. The van der Waals surface area contributed by atoms with E-state index in [1.165, 1.54) is 0 Å². The highest BCUT2D eigenvalue weighted by Gasteiger charge is 2.41. The van der Waals surface area contributed by atoms with Crippen LogP contribution in [0.1, 0.15) is 25.0 Å². The molecule has 0 bridgehead atoms. The van der Waals surface area contributed by atoms with Crippen LogP contribution in [0.3, 0.4) is 0 Å². The van der Waals surface area contributed by atoms with Crippen molar-refractivity contribution in [2.75, 3.05) is 40.5 Å². The van der Waals surface area contributed by atoms with Crippen LogP contribution in [0.2, 0.25) is 0 Å². The first kappa shape index (κ1) is 24.8. The predicted molar refractivity (Wildman–Crippen MR) is 115 cm³/mol. The molecule has 0 radical (unpaired) electrons. The molecule has 0 saturated carbocycles. The Hall–Kier alpha value is -2.28. The topological polar surface area (TPSA) is 68.2 Å². The van der Waals surface area contributed by atoms with E-state index in [-0.39, 0.29) is 19.0 Å². The highest BCUT2D eigenvalue weighted by molar-refractivity contribution is 5.86. The fourth-order valence-corrected chi connectivity index (χ4v) is 2.98. The molecule has 29 heavy (non-hydrogen) atoms. The first-order valence-corrected chi connectivity index (χ1v) is 9.40. The number of aliphatic hydroxyl groups is 1. The van der Waals surface area contributed by atoms with Crippen LogP contribution in [0.25, 0.3) is 0 Å². The Labute approximate surface area is 178 Å². The third-order valence-electron chi connectivity index (χ3n) is 4.85. The van der Waals surface area contributed by atoms with Gasteiger partial charge in [-0.2, -0.15) is 0 Å². The van der Waals surface area contributed by atoms with Gasteiger partial charge in [0.15, 0.2) is 0 Å². The number of esters is 1. The van der Waals surface area contributed by atoms with Crippen LogP contribution < -0.4 is 9.47 Å². The molecule has 0 spiro atoms. The summed E-state index contributed by atoms with van der Waals surface area (Å²) in [6.07, 6.45) is 0. The number of rotatable bonds is 10. The van der Waals surface area contributed by atoms with Gasteiger partial charge in [0, 0.05) is 6.54 Å². The molecule has 0 fully saturated rings. The summed E-state index contributed by atoms with van der Waals surface area (Å²) in [5.74, 6) is 0.557. The molecular formula is C22H30ClNO5. The number of methoxy groups -OCH3 is 2. The zero-order valence-electron chi connectivity index (χ0n) is 17.4. The maximum absolute atomic E-state index is 13.0. The number of carbonyl (C=O) groups excluding carboxylic acids is 1. The minimum Gasteiger partial charge on any atom is -0.497 e. The molecule has 2 rings (SSSR count). The molecule has 0 atom stereocenters. The molecule has 0 unspecified atom stereocenters. The first-order chi connectivity index (χ1) is 13.5. The summed E-state index contributed by atoms with van der Waals surface area (Å²) in [5, 5.41) is 11.5. The number of likely N-dealkylation sites (N-methyl/N-ethyl adjacent to an activating group) is 1. The van der Waals surface area contributed by atoms with Crippen molar-refractivity contribution in [3.05, 3.63) is 59.7 Å². The Morgan fingerprint density at radius 2 is 1.31 bits per heavy atom. The van der Waals surface area contributed by atoms with Gasteiger partial charge in [0.25, 0.3) is 0 Å². The van der Waals surface area contributed by atoms with E-state index in [0.29, 0.717) is 29.2 Å². The van der Waals surface area contributed by atoms with Crippen LogP contribution in [0.15, 0.2) is 48.5 Å². The van der Waals surface area contributed by atoms with E-state index in [1.807, 2.05) is 0 Å². The van der Waals surface area contributed by atoms with Crippen molar-refractivity contribution in [2.24, 2.45) is 0 Å². The Kier molecular flexibility index (Phi) is 9.95. The van der Waals surface area contributed by atoms with Crippen molar-refractivity contribution in [3.63, 3.8) is 0 Å². The minimum absolute atomic E-state index is 0. The molecule has 0 amide bonds. The molecule has 2 aromatic carbocycles. The second-order valence-electron chi connectivity index (χ2n) is 6.33. The molecule has 6 nitrogen and oxygen atoms in total. The number of nitrogens with zero attached hydrogens (tertiary/aromatic N) is 1. The van der Waals surface area contributed by atoms with Gasteiger partial charge < -0.3 is 24.2 Å². The summed E-state index contributed by atoms with van der Waals surface area (Å²) in [5.41, 5.74) is -1.11. The number of hydrogen-bond donors (Lipinski definition) is 1. The maximum atomic E-state index is 13.0. The van der Waals surface area contributed by atoms with Gasteiger partial charge in [0.1, 0.15) is 18.1 Å². The molecule has 0 aromatic heterocycles. The molecule has 0 aliphatic carbocycles. The minimum atomic E-state index is -1.93. The van der Waals surface area contributed by atoms with Crippen LogP contribution in [-0.4, -0.2) is 56.4 Å². The van der Waals surface area contributed by atoms with Crippen molar-refractivity contribution in [2.45, 2.75) is 19.4 Å². The second-order valence-corrected chi connectivity index (χ2v) is 6.33. The summed E-state index contributed by atoms with van der Waals surface area (Å²) in [6, 6.07) is 13.5. The molecule has 160 valence electrons. The summed E-state index contributed by atoms with van der Waals surface area (Å²) < 4.78 is 15.8. The van der Waals surface area contributed by atoms with Gasteiger partial charge in [-0.3, -0.25) is 0 Å². The molecule has 0 aliphatic heterocycles. The normalized spacial score (nSPS) is 11.0.